The molecule has 2 aromatic heterocycles. The van der Waals surface area contributed by atoms with Gasteiger partial charge in [-0.2, -0.15) is 10.2 Å². The third-order valence-corrected chi connectivity index (χ3v) is 5.29. The van der Waals surface area contributed by atoms with E-state index in [4.69, 9.17) is 4.74 Å². The molecular formula is C23H23N7O3. The first-order valence-corrected chi connectivity index (χ1v) is 10.00. The minimum Gasteiger partial charge on any atom is -0.489 e. The minimum atomic E-state index is -0.902. The predicted molar refractivity (Wildman–Crippen MR) is 122 cm³/mol. The van der Waals surface area contributed by atoms with Crippen LogP contribution in [0.15, 0.2) is 54.9 Å². The number of fused-ring (bicyclic) bond motifs is 3. The second-order valence-corrected chi connectivity index (χ2v) is 7.41. The van der Waals surface area contributed by atoms with Gasteiger partial charge in [0.2, 0.25) is 5.82 Å². The zero-order valence-electron chi connectivity index (χ0n) is 17.1. The summed E-state index contributed by atoms with van der Waals surface area (Å²) in [4.78, 5) is 31.6. The fourth-order valence-electron chi connectivity index (χ4n) is 3.68. The molecule has 168 valence electrons. The van der Waals surface area contributed by atoms with Gasteiger partial charge in [0.1, 0.15) is 24.2 Å². The third-order valence-electron chi connectivity index (χ3n) is 5.29. The molecule has 0 bridgehead atoms. The standard InChI is InChI=1S/C22H19N7O3.CH4/c1-29-19-15-11-24-23-10-14(15)7-8-17(19)32-12-16(22(29)31)25-21(30)20-26-18(27-28-20)9-13-5-3-2-4-6-13;/h2-8,10-11,16H,9,12H2,1H3,(H,25,30)(H,26,27,28);1H4/t16-;/m0./s1. The highest BCUT2D eigenvalue weighted by Crippen LogP contribution is 2.37. The Balaban J connectivity index is 0.00000259. The van der Waals surface area contributed by atoms with E-state index in [1.807, 2.05) is 36.4 Å². The molecule has 1 atom stereocenters. The number of amides is 2. The van der Waals surface area contributed by atoms with E-state index < -0.39 is 11.9 Å². The van der Waals surface area contributed by atoms with Gasteiger partial charge in [-0.15, -0.1) is 5.10 Å². The summed E-state index contributed by atoms with van der Waals surface area (Å²) < 4.78 is 5.86. The van der Waals surface area contributed by atoms with Crippen LogP contribution in [-0.2, 0) is 11.2 Å². The second-order valence-electron chi connectivity index (χ2n) is 7.41. The molecule has 2 N–H and O–H groups in total. The van der Waals surface area contributed by atoms with Crippen molar-refractivity contribution in [1.82, 2.24) is 30.7 Å². The van der Waals surface area contributed by atoms with Crippen LogP contribution in [0.25, 0.3) is 10.8 Å². The summed E-state index contributed by atoms with van der Waals surface area (Å²) in [5, 5.41) is 18.8. The maximum absolute atomic E-state index is 13.1. The van der Waals surface area contributed by atoms with Gasteiger partial charge in [0.25, 0.3) is 11.8 Å². The van der Waals surface area contributed by atoms with Crippen LogP contribution in [0, 0.1) is 0 Å². The van der Waals surface area contributed by atoms with E-state index in [2.05, 4.69) is 30.7 Å². The van der Waals surface area contributed by atoms with Gasteiger partial charge >= 0.3 is 0 Å². The lowest BCUT2D eigenvalue weighted by Crippen LogP contribution is -2.49. The molecule has 0 radical (unpaired) electrons. The Morgan fingerprint density at radius 3 is 2.79 bits per heavy atom. The highest BCUT2D eigenvalue weighted by atomic mass is 16.5. The molecule has 1 aliphatic rings. The first-order chi connectivity index (χ1) is 15.6. The summed E-state index contributed by atoms with van der Waals surface area (Å²) in [5.74, 6) is 0.177. The maximum Gasteiger partial charge on any atom is 0.291 e. The molecular weight excluding hydrogens is 422 g/mol. The van der Waals surface area contributed by atoms with Crippen LogP contribution in [0.3, 0.4) is 0 Å². The Morgan fingerprint density at radius 2 is 1.97 bits per heavy atom. The topological polar surface area (TPSA) is 126 Å². The quantitative estimate of drug-likeness (QED) is 0.493. The number of likely N-dealkylation sites (N-methyl/N-ethyl adjacent to an activating group) is 1. The molecule has 0 spiro atoms. The highest BCUT2D eigenvalue weighted by molar-refractivity contribution is 6.08. The monoisotopic (exact) mass is 445 g/mol. The van der Waals surface area contributed by atoms with Crippen LogP contribution in [0.4, 0.5) is 5.69 Å². The predicted octanol–water partition coefficient (Wildman–Crippen LogP) is 2.13. The Hall–Kier alpha value is -4.34. The normalized spacial score (nSPS) is 15.2. The first-order valence-electron chi connectivity index (χ1n) is 10.00. The number of carbonyl (C=O) groups excluding carboxylic acids is 2. The number of nitrogens with zero attached hydrogens (tertiary/aromatic N) is 5. The summed E-state index contributed by atoms with van der Waals surface area (Å²) >= 11 is 0. The molecule has 0 fully saturated rings. The van der Waals surface area contributed by atoms with Crippen molar-refractivity contribution in [2.75, 3.05) is 18.6 Å². The minimum absolute atomic E-state index is 0. The molecule has 3 heterocycles. The molecule has 0 saturated heterocycles. The average Bonchev–Trinajstić information content (AvgIpc) is 3.25. The fourth-order valence-corrected chi connectivity index (χ4v) is 3.68. The van der Waals surface area contributed by atoms with Gasteiger partial charge in [0.05, 0.1) is 18.1 Å². The van der Waals surface area contributed by atoms with Crippen molar-refractivity contribution in [1.29, 1.82) is 0 Å². The fraction of sp³-hybridized carbons (Fsp3) is 0.217. The lowest BCUT2D eigenvalue weighted by atomic mass is 10.1. The van der Waals surface area contributed by atoms with Crippen molar-refractivity contribution < 1.29 is 14.3 Å². The number of H-pyrrole nitrogens is 1. The van der Waals surface area contributed by atoms with Crippen molar-refractivity contribution >= 4 is 28.3 Å². The Kier molecular flexibility index (Phi) is 5.99. The van der Waals surface area contributed by atoms with E-state index in [1.165, 1.54) is 4.90 Å². The summed E-state index contributed by atoms with van der Waals surface area (Å²) in [6, 6.07) is 12.4. The van der Waals surface area contributed by atoms with Crippen molar-refractivity contribution in [2.24, 2.45) is 0 Å². The molecule has 2 aromatic carbocycles. The van der Waals surface area contributed by atoms with Gasteiger partial charge in [-0.25, -0.2) is 4.98 Å². The number of anilines is 1. The number of nitrogens with one attached hydrogen (secondary N) is 2. The van der Waals surface area contributed by atoms with Crippen molar-refractivity contribution in [2.45, 2.75) is 19.9 Å². The number of rotatable bonds is 4. The molecule has 10 nitrogen and oxygen atoms in total. The number of ether oxygens (including phenoxy) is 1. The zero-order valence-corrected chi connectivity index (χ0v) is 17.1. The van der Waals surface area contributed by atoms with Crippen LogP contribution in [0.5, 0.6) is 5.75 Å². The van der Waals surface area contributed by atoms with Crippen LogP contribution in [0.2, 0.25) is 0 Å². The van der Waals surface area contributed by atoms with E-state index in [0.29, 0.717) is 23.7 Å². The number of benzene rings is 2. The second kappa shape index (κ2) is 9.03. The Bertz CT molecular complexity index is 1310. The van der Waals surface area contributed by atoms with E-state index in [0.717, 1.165) is 16.3 Å². The van der Waals surface area contributed by atoms with Gasteiger partial charge in [-0.1, -0.05) is 37.8 Å². The summed E-state index contributed by atoms with van der Waals surface area (Å²) in [7, 11) is 1.64. The maximum atomic E-state index is 13.1. The number of carbonyl (C=O) groups is 2. The molecule has 1 aliphatic heterocycles. The lowest BCUT2D eigenvalue weighted by Gasteiger charge is -2.21. The van der Waals surface area contributed by atoms with Crippen molar-refractivity contribution in [3.63, 3.8) is 0 Å². The zero-order chi connectivity index (χ0) is 22.1. The van der Waals surface area contributed by atoms with Gasteiger partial charge < -0.3 is 15.0 Å². The number of hydrogen-bond donors (Lipinski definition) is 2. The molecule has 0 unspecified atom stereocenters. The molecule has 4 aromatic rings. The average molecular weight is 445 g/mol. The molecule has 0 saturated carbocycles. The summed E-state index contributed by atoms with van der Waals surface area (Å²) in [6.07, 6.45) is 3.72. The Labute approximate surface area is 190 Å². The van der Waals surface area contributed by atoms with Gasteiger partial charge in [-0.05, 0) is 17.7 Å². The molecule has 5 rings (SSSR count). The molecule has 10 heteroatoms. The van der Waals surface area contributed by atoms with Crippen LogP contribution < -0.4 is 15.0 Å². The van der Waals surface area contributed by atoms with Crippen LogP contribution in [-0.4, -0.2) is 56.9 Å². The van der Waals surface area contributed by atoms with E-state index in [1.54, 1.807) is 25.5 Å². The largest absolute Gasteiger partial charge is 0.489 e. The number of aromatic nitrogens is 5. The molecule has 33 heavy (non-hydrogen) atoms. The van der Waals surface area contributed by atoms with Crippen molar-refractivity contribution in [3.05, 3.63) is 72.1 Å². The summed E-state index contributed by atoms with van der Waals surface area (Å²) in [6.45, 7) is -0.0206. The van der Waals surface area contributed by atoms with Crippen LogP contribution >= 0.6 is 0 Å². The SMILES string of the molecule is C.CN1C(=O)[C@@H](NC(=O)c2n[nH]c(Cc3ccccc3)n2)COc2ccc3cnncc3c21. The van der Waals surface area contributed by atoms with E-state index >= 15 is 0 Å². The highest BCUT2D eigenvalue weighted by Gasteiger charge is 2.32. The first kappa shape index (κ1) is 21.9. The number of aromatic amines is 1. The smallest absolute Gasteiger partial charge is 0.291 e. The number of hydrogen-bond acceptors (Lipinski definition) is 7. The van der Waals surface area contributed by atoms with Gasteiger partial charge in [0, 0.05) is 24.2 Å². The van der Waals surface area contributed by atoms with Gasteiger partial charge in [-0.3, -0.25) is 14.7 Å². The lowest BCUT2D eigenvalue weighted by molar-refractivity contribution is -0.120. The van der Waals surface area contributed by atoms with Gasteiger partial charge in [0.15, 0.2) is 0 Å². The van der Waals surface area contributed by atoms with E-state index in [-0.39, 0.29) is 25.8 Å². The van der Waals surface area contributed by atoms with E-state index in [9.17, 15) is 9.59 Å². The molecule has 2 amide bonds. The van der Waals surface area contributed by atoms with Crippen molar-refractivity contribution in [3.8, 4) is 5.75 Å². The van der Waals surface area contributed by atoms with Crippen LogP contribution in [0.1, 0.15) is 29.4 Å². The molecule has 0 aliphatic carbocycles. The summed E-state index contributed by atoms with van der Waals surface area (Å²) in [5.41, 5.74) is 1.63. The Morgan fingerprint density at radius 1 is 1.18 bits per heavy atom. The third kappa shape index (κ3) is 4.22.